The summed E-state index contributed by atoms with van der Waals surface area (Å²) in [6.07, 6.45) is 14.4. The topological polar surface area (TPSA) is 143 Å². The lowest BCUT2D eigenvalue weighted by atomic mass is 9.91. The zero-order chi connectivity index (χ0) is 27.3. The average Bonchev–Trinajstić information content (AvgIpc) is 3.49. The number of aromatic amines is 1. The van der Waals surface area contributed by atoms with Crippen LogP contribution < -0.4 is 10.2 Å². The summed E-state index contributed by atoms with van der Waals surface area (Å²) in [7, 11) is -3.55. The van der Waals surface area contributed by atoms with Crippen LogP contribution in [0.25, 0.3) is 0 Å². The lowest BCUT2D eigenvalue weighted by Gasteiger charge is -2.37. The zero-order valence-corrected chi connectivity index (χ0v) is 23.4. The molecule has 7 rings (SSSR count). The first-order chi connectivity index (χ1) is 19.4. The maximum atomic E-state index is 13.8. The molecule has 2 aliphatic carbocycles. The van der Waals surface area contributed by atoms with Gasteiger partial charge in [0, 0.05) is 49.7 Å². The van der Waals surface area contributed by atoms with E-state index in [1.54, 1.807) is 0 Å². The van der Waals surface area contributed by atoms with Gasteiger partial charge in [-0.05, 0) is 70.6 Å². The van der Waals surface area contributed by atoms with E-state index in [4.69, 9.17) is 14.5 Å². The molecule has 1 spiro atoms. The van der Waals surface area contributed by atoms with Crippen molar-refractivity contribution in [1.82, 2.24) is 24.5 Å². The summed E-state index contributed by atoms with van der Waals surface area (Å²) in [6.45, 7) is 1.56. The largest absolute Gasteiger partial charge is 0.353 e. The highest BCUT2D eigenvalue weighted by Crippen LogP contribution is 2.57. The lowest BCUT2D eigenvalue weighted by molar-refractivity contribution is -0.193. The van der Waals surface area contributed by atoms with E-state index in [0.717, 1.165) is 75.8 Å². The average molecular weight is 572 g/mol. The lowest BCUT2D eigenvalue weighted by Crippen LogP contribution is -2.45. The maximum Gasteiger partial charge on any atom is 0.246 e. The predicted octanol–water partition coefficient (Wildman–Crippen LogP) is 2.70. The number of piperidine rings is 1. The summed E-state index contributed by atoms with van der Waals surface area (Å²) in [6, 6.07) is 0.0879. The second kappa shape index (κ2) is 10.3. The first-order valence-corrected chi connectivity index (χ1v) is 16.1. The molecule has 2 aromatic heterocycles. The van der Waals surface area contributed by atoms with Crippen molar-refractivity contribution >= 4 is 27.7 Å². The van der Waals surface area contributed by atoms with E-state index in [1.165, 1.54) is 16.7 Å². The Labute approximate surface area is 234 Å². The molecule has 2 saturated carbocycles. The van der Waals surface area contributed by atoms with Crippen molar-refractivity contribution in [1.29, 1.82) is 0 Å². The van der Waals surface area contributed by atoms with Crippen molar-refractivity contribution in [2.45, 2.75) is 105 Å². The normalized spacial score (nSPS) is 29.1. The quantitative estimate of drug-likeness (QED) is 0.513. The Balaban J connectivity index is 1.04. The van der Waals surface area contributed by atoms with E-state index in [2.05, 4.69) is 20.5 Å². The monoisotopic (exact) mass is 571 g/mol. The van der Waals surface area contributed by atoms with Crippen molar-refractivity contribution in [2.24, 2.45) is 0 Å². The Morgan fingerprint density at radius 3 is 2.65 bits per heavy atom. The molecule has 2 N–H and O–H groups in total. The molecular weight excluding hydrogens is 534 g/mol. The van der Waals surface area contributed by atoms with Gasteiger partial charge in [0.1, 0.15) is 10.7 Å². The first kappa shape index (κ1) is 26.3. The van der Waals surface area contributed by atoms with Gasteiger partial charge in [0.25, 0.3) is 0 Å². The van der Waals surface area contributed by atoms with E-state index in [-0.39, 0.29) is 35.3 Å². The molecular formula is C27H37N7O5S. The number of anilines is 2. The number of nitrogens with one attached hydrogen (secondary N) is 2. The number of fused-ring (bicyclic) bond motifs is 2. The van der Waals surface area contributed by atoms with Crippen LogP contribution in [0.4, 0.5) is 11.8 Å². The number of aromatic nitrogens is 4. The van der Waals surface area contributed by atoms with Gasteiger partial charge in [0.2, 0.25) is 21.9 Å². The fourth-order valence-corrected chi connectivity index (χ4v) is 8.19. The second-order valence-corrected chi connectivity index (χ2v) is 13.8. The van der Waals surface area contributed by atoms with Crippen molar-refractivity contribution < 1.29 is 22.7 Å². The Hall–Kier alpha value is -2.61. The number of carbonyl (C=O) groups is 1. The van der Waals surface area contributed by atoms with Crippen LogP contribution in [0.3, 0.4) is 0 Å². The van der Waals surface area contributed by atoms with Crippen molar-refractivity contribution in [2.75, 3.05) is 29.9 Å². The van der Waals surface area contributed by atoms with Crippen molar-refractivity contribution in [3.8, 4) is 0 Å². The SMILES string of the molecule is O=C1N([C@H]2CCC[C@H](OC3CCCCO3)C2)c2nc(NC3CCN(S(=O)(=O)c4cn[nH]c4)CC3)ncc2C12CC2. The Kier molecular flexibility index (Phi) is 6.80. The van der Waals surface area contributed by atoms with Crippen LogP contribution in [0.15, 0.2) is 23.5 Å². The summed E-state index contributed by atoms with van der Waals surface area (Å²) in [5.41, 5.74) is 0.490. The predicted molar refractivity (Wildman–Crippen MR) is 145 cm³/mol. The molecule has 12 nitrogen and oxygen atoms in total. The molecule has 3 atom stereocenters. The standard InChI is InChI=1S/C27H37N7O5S/c35-25-27(9-10-27)22-17-28-26(31-18-7-11-33(12-8-18)40(36,37)21-15-29-30-16-21)32-24(22)34(25)19-4-3-5-20(14-19)39-23-6-1-2-13-38-23/h15-20,23H,1-14H2,(H,29,30)(H,28,31,32)/t19-,20-,23?/m0/s1. The van der Waals surface area contributed by atoms with Gasteiger partial charge in [-0.1, -0.05) is 0 Å². The summed E-state index contributed by atoms with van der Waals surface area (Å²) >= 11 is 0. The number of hydrogen-bond acceptors (Lipinski definition) is 9. The zero-order valence-electron chi connectivity index (χ0n) is 22.6. The molecule has 2 saturated heterocycles. The van der Waals surface area contributed by atoms with Crippen LogP contribution in [0.1, 0.15) is 76.2 Å². The highest BCUT2D eigenvalue weighted by atomic mass is 32.2. The Morgan fingerprint density at radius 1 is 1.07 bits per heavy atom. The molecule has 1 amide bonds. The van der Waals surface area contributed by atoms with Crippen LogP contribution in [-0.4, -0.2) is 83.0 Å². The Morgan fingerprint density at radius 2 is 1.93 bits per heavy atom. The summed E-state index contributed by atoms with van der Waals surface area (Å²) in [5, 5.41) is 9.77. The van der Waals surface area contributed by atoms with Gasteiger partial charge in [0.05, 0.1) is 17.7 Å². The van der Waals surface area contributed by atoms with Gasteiger partial charge in [-0.15, -0.1) is 0 Å². The van der Waals surface area contributed by atoms with Crippen LogP contribution in [0.2, 0.25) is 0 Å². The van der Waals surface area contributed by atoms with E-state index in [9.17, 15) is 13.2 Å². The first-order valence-electron chi connectivity index (χ1n) is 14.7. The van der Waals surface area contributed by atoms with Crippen LogP contribution in [-0.2, 0) is 29.7 Å². The molecule has 3 aliphatic heterocycles. The minimum absolute atomic E-state index is 0.0391. The highest BCUT2D eigenvalue weighted by molar-refractivity contribution is 7.89. The maximum absolute atomic E-state index is 13.8. The van der Waals surface area contributed by atoms with Crippen molar-refractivity contribution in [3.05, 3.63) is 24.2 Å². The van der Waals surface area contributed by atoms with Crippen molar-refractivity contribution in [3.63, 3.8) is 0 Å². The van der Waals surface area contributed by atoms with Gasteiger partial charge < -0.3 is 14.8 Å². The smallest absolute Gasteiger partial charge is 0.246 e. The van der Waals surface area contributed by atoms with E-state index in [0.29, 0.717) is 31.9 Å². The summed E-state index contributed by atoms with van der Waals surface area (Å²) in [4.78, 5) is 25.4. The fourth-order valence-electron chi connectivity index (χ4n) is 6.82. The van der Waals surface area contributed by atoms with Crippen LogP contribution in [0.5, 0.6) is 0 Å². The number of amides is 1. The third-order valence-electron chi connectivity index (χ3n) is 9.23. The highest BCUT2D eigenvalue weighted by Gasteiger charge is 2.61. The molecule has 0 bridgehead atoms. The van der Waals surface area contributed by atoms with Crippen LogP contribution in [0, 0.1) is 0 Å². The molecule has 2 aromatic rings. The van der Waals surface area contributed by atoms with E-state index in [1.807, 2.05) is 11.1 Å². The fraction of sp³-hybridized carbons (Fsp3) is 0.704. The third-order valence-corrected chi connectivity index (χ3v) is 11.1. The number of nitrogens with zero attached hydrogens (tertiary/aromatic N) is 5. The molecule has 4 fully saturated rings. The molecule has 13 heteroatoms. The molecule has 5 aliphatic rings. The van der Waals surface area contributed by atoms with Gasteiger partial charge in [-0.25, -0.2) is 13.4 Å². The third kappa shape index (κ3) is 4.70. The number of hydrogen-bond donors (Lipinski definition) is 2. The number of sulfonamides is 1. The van der Waals surface area contributed by atoms with E-state index >= 15 is 0 Å². The number of H-pyrrole nitrogens is 1. The number of rotatable bonds is 7. The second-order valence-electron chi connectivity index (χ2n) is 11.8. The van der Waals surface area contributed by atoms with Gasteiger partial charge in [-0.3, -0.25) is 14.8 Å². The molecule has 216 valence electrons. The summed E-state index contributed by atoms with van der Waals surface area (Å²) in [5.74, 6) is 1.38. The molecule has 0 aromatic carbocycles. The molecule has 1 unspecified atom stereocenters. The Bertz CT molecular complexity index is 1330. The number of ether oxygens (including phenoxy) is 2. The van der Waals surface area contributed by atoms with Gasteiger partial charge in [-0.2, -0.15) is 14.4 Å². The van der Waals surface area contributed by atoms with Gasteiger partial charge in [0.15, 0.2) is 6.29 Å². The van der Waals surface area contributed by atoms with Gasteiger partial charge >= 0.3 is 0 Å². The molecule has 0 radical (unpaired) electrons. The van der Waals surface area contributed by atoms with E-state index < -0.39 is 15.4 Å². The minimum atomic E-state index is -3.55. The number of carbonyl (C=O) groups excluding carboxylic acids is 1. The molecule has 5 heterocycles. The summed E-state index contributed by atoms with van der Waals surface area (Å²) < 4.78 is 39.3. The molecule has 40 heavy (non-hydrogen) atoms. The minimum Gasteiger partial charge on any atom is -0.353 e. The van der Waals surface area contributed by atoms with Crippen LogP contribution >= 0.6 is 0 Å².